The standard InChI is InChI=1S/C17H20O.C2H6/c1-12-10-15(18)11-13(2)16(12)17(3,4)14-8-6-5-7-9-14;1-2/h5-11,18H,1-4H3;1-2H3. The number of aromatic hydroxyl groups is 1. The van der Waals surface area contributed by atoms with Crippen molar-refractivity contribution in [1.82, 2.24) is 0 Å². The third-order valence-corrected chi connectivity index (χ3v) is 3.64. The SMILES string of the molecule is CC.Cc1cc(O)cc(C)c1C(C)(C)c1ccccc1. The number of phenolic OH excluding ortho intramolecular Hbond substituents is 1. The van der Waals surface area contributed by atoms with Crippen molar-refractivity contribution in [3.8, 4) is 5.75 Å². The quantitative estimate of drug-likeness (QED) is 0.778. The molecule has 0 spiro atoms. The molecule has 0 aliphatic carbocycles. The van der Waals surface area contributed by atoms with Crippen molar-refractivity contribution in [1.29, 1.82) is 0 Å². The van der Waals surface area contributed by atoms with Crippen molar-refractivity contribution in [2.75, 3.05) is 0 Å². The highest BCUT2D eigenvalue weighted by Crippen LogP contribution is 2.37. The fraction of sp³-hybridized carbons (Fsp3) is 0.368. The van der Waals surface area contributed by atoms with Gasteiger partial charge in [-0.1, -0.05) is 58.0 Å². The van der Waals surface area contributed by atoms with Gasteiger partial charge in [0.2, 0.25) is 0 Å². The van der Waals surface area contributed by atoms with Crippen molar-refractivity contribution in [3.63, 3.8) is 0 Å². The van der Waals surface area contributed by atoms with Crippen molar-refractivity contribution < 1.29 is 5.11 Å². The molecule has 0 bridgehead atoms. The average Bonchev–Trinajstić information content (AvgIpc) is 2.40. The minimum Gasteiger partial charge on any atom is -0.508 e. The summed E-state index contributed by atoms with van der Waals surface area (Å²) in [6.07, 6.45) is 0. The second-order valence-electron chi connectivity index (χ2n) is 5.45. The summed E-state index contributed by atoms with van der Waals surface area (Å²) < 4.78 is 0. The first-order valence-electron chi connectivity index (χ1n) is 7.29. The van der Waals surface area contributed by atoms with E-state index in [2.05, 4.69) is 52.0 Å². The average molecular weight is 270 g/mol. The highest BCUT2D eigenvalue weighted by molar-refractivity contribution is 5.49. The summed E-state index contributed by atoms with van der Waals surface area (Å²) in [5.74, 6) is 0.345. The molecule has 2 rings (SSSR count). The number of benzene rings is 2. The van der Waals surface area contributed by atoms with E-state index in [4.69, 9.17) is 0 Å². The van der Waals surface area contributed by atoms with E-state index in [-0.39, 0.29) is 5.41 Å². The topological polar surface area (TPSA) is 20.2 Å². The zero-order valence-electron chi connectivity index (χ0n) is 13.5. The summed E-state index contributed by atoms with van der Waals surface area (Å²) >= 11 is 0. The Morgan fingerprint density at radius 2 is 1.30 bits per heavy atom. The predicted molar refractivity (Wildman–Crippen MR) is 87.5 cm³/mol. The Balaban J connectivity index is 0.000000956. The van der Waals surface area contributed by atoms with Crippen LogP contribution in [-0.4, -0.2) is 5.11 Å². The Morgan fingerprint density at radius 3 is 1.75 bits per heavy atom. The first kappa shape index (κ1) is 16.3. The lowest BCUT2D eigenvalue weighted by molar-refractivity contribution is 0.473. The molecule has 0 aromatic heterocycles. The van der Waals surface area contributed by atoms with Crippen LogP contribution in [0.5, 0.6) is 5.75 Å². The summed E-state index contributed by atoms with van der Waals surface area (Å²) in [6, 6.07) is 14.2. The maximum Gasteiger partial charge on any atom is 0.116 e. The van der Waals surface area contributed by atoms with E-state index in [0.29, 0.717) is 5.75 Å². The zero-order valence-corrected chi connectivity index (χ0v) is 13.5. The first-order chi connectivity index (χ1) is 9.43. The molecule has 1 nitrogen and oxygen atoms in total. The molecule has 0 radical (unpaired) electrons. The monoisotopic (exact) mass is 270 g/mol. The van der Waals surface area contributed by atoms with Crippen molar-refractivity contribution in [3.05, 3.63) is 64.7 Å². The zero-order chi connectivity index (χ0) is 15.3. The molecule has 0 amide bonds. The normalized spacial score (nSPS) is 10.7. The van der Waals surface area contributed by atoms with Crippen molar-refractivity contribution in [2.24, 2.45) is 0 Å². The molecule has 108 valence electrons. The molecular formula is C19H26O. The van der Waals surface area contributed by atoms with Gasteiger partial charge in [-0.15, -0.1) is 0 Å². The molecule has 0 saturated heterocycles. The van der Waals surface area contributed by atoms with Gasteiger partial charge in [0.25, 0.3) is 0 Å². The molecule has 1 N–H and O–H groups in total. The van der Waals surface area contributed by atoms with Crippen LogP contribution >= 0.6 is 0 Å². The molecule has 20 heavy (non-hydrogen) atoms. The minimum absolute atomic E-state index is 0.0525. The second-order valence-corrected chi connectivity index (χ2v) is 5.45. The van der Waals surface area contributed by atoms with Gasteiger partial charge in [-0.05, 0) is 48.2 Å². The van der Waals surface area contributed by atoms with E-state index < -0.39 is 0 Å². The van der Waals surface area contributed by atoms with Gasteiger partial charge in [-0.25, -0.2) is 0 Å². The number of rotatable bonds is 2. The molecular weight excluding hydrogens is 244 g/mol. The van der Waals surface area contributed by atoms with Crippen LogP contribution in [0.2, 0.25) is 0 Å². The Labute approximate surface area is 123 Å². The first-order valence-corrected chi connectivity index (χ1v) is 7.29. The Bertz CT molecular complexity index is 530. The van der Waals surface area contributed by atoms with Gasteiger partial charge in [0, 0.05) is 5.41 Å². The molecule has 0 atom stereocenters. The minimum atomic E-state index is -0.0525. The van der Waals surface area contributed by atoms with Crippen molar-refractivity contribution in [2.45, 2.75) is 47.0 Å². The predicted octanol–water partition coefficient (Wildman–Crippen LogP) is 5.36. The number of aryl methyl sites for hydroxylation is 2. The van der Waals surface area contributed by atoms with Gasteiger partial charge in [0.15, 0.2) is 0 Å². The molecule has 0 aliphatic rings. The summed E-state index contributed by atoms with van der Waals surface area (Å²) in [5.41, 5.74) is 4.82. The van der Waals surface area contributed by atoms with Crippen LogP contribution in [0.25, 0.3) is 0 Å². The fourth-order valence-electron chi connectivity index (χ4n) is 2.93. The van der Waals surface area contributed by atoms with Crippen LogP contribution in [0.1, 0.15) is 49.9 Å². The van der Waals surface area contributed by atoms with Gasteiger partial charge < -0.3 is 5.11 Å². The van der Waals surface area contributed by atoms with Gasteiger partial charge in [0.05, 0.1) is 0 Å². The lowest BCUT2D eigenvalue weighted by atomic mass is 9.74. The molecule has 2 aromatic carbocycles. The Kier molecular flexibility index (Phi) is 5.38. The molecule has 0 unspecified atom stereocenters. The van der Waals surface area contributed by atoms with Gasteiger partial charge >= 0.3 is 0 Å². The number of hydrogen-bond donors (Lipinski definition) is 1. The van der Waals surface area contributed by atoms with E-state index in [9.17, 15) is 5.11 Å². The Hall–Kier alpha value is -1.76. The van der Waals surface area contributed by atoms with E-state index >= 15 is 0 Å². The van der Waals surface area contributed by atoms with Crippen LogP contribution < -0.4 is 0 Å². The number of hydrogen-bond acceptors (Lipinski definition) is 1. The summed E-state index contributed by atoms with van der Waals surface area (Å²) in [4.78, 5) is 0. The van der Waals surface area contributed by atoms with Crippen LogP contribution in [0, 0.1) is 13.8 Å². The van der Waals surface area contributed by atoms with Gasteiger partial charge in [-0.3, -0.25) is 0 Å². The maximum atomic E-state index is 9.65. The van der Waals surface area contributed by atoms with E-state index in [0.717, 1.165) is 11.1 Å². The molecule has 0 heterocycles. The van der Waals surface area contributed by atoms with Crippen LogP contribution in [0.4, 0.5) is 0 Å². The molecule has 0 saturated carbocycles. The van der Waals surface area contributed by atoms with Gasteiger partial charge in [-0.2, -0.15) is 0 Å². The lowest BCUT2D eigenvalue weighted by Gasteiger charge is -2.30. The largest absolute Gasteiger partial charge is 0.508 e. The van der Waals surface area contributed by atoms with Crippen molar-refractivity contribution >= 4 is 0 Å². The highest BCUT2D eigenvalue weighted by atomic mass is 16.3. The van der Waals surface area contributed by atoms with Crippen LogP contribution in [-0.2, 0) is 5.41 Å². The fourth-order valence-corrected chi connectivity index (χ4v) is 2.93. The highest BCUT2D eigenvalue weighted by Gasteiger charge is 2.26. The summed E-state index contributed by atoms with van der Waals surface area (Å²) in [7, 11) is 0. The molecule has 1 heteroatoms. The van der Waals surface area contributed by atoms with Crippen LogP contribution in [0.15, 0.2) is 42.5 Å². The third-order valence-electron chi connectivity index (χ3n) is 3.64. The van der Waals surface area contributed by atoms with Crippen LogP contribution in [0.3, 0.4) is 0 Å². The summed E-state index contributed by atoms with van der Waals surface area (Å²) in [5, 5.41) is 9.65. The number of phenols is 1. The van der Waals surface area contributed by atoms with E-state index in [1.807, 2.05) is 32.0 Å². The smallest absolute Gasteiger partial charge is 0.116 e. The Morgan fingerprint density at radius 1 is 0.850 bits per heavy atom. The second kappa shape index (κ2) is 6.60. The molecule has 2 aromatic rings. The third kappa shape index (κ3) is 3.22. The molecule has 0 fully saturated rings. The molecule has 0 aliphatic heterocycles. The van der Waals surface area contributed by atoms with E-state index in [1.165, 1.54) is 11.1 Å². The van der Waals surface area contributed by atoms with Gasteiger partial charge in [0.1, 0.15) is 5.75 Å². The van der Waals surface area contributed by atoms with E-state index in [1.54, 1.807) is 0 Å². The lowest BCUT2D eigenvalue weighted by Crippen LogP contribution is -2.21. The summed E-state index contributed by atoms with van der Waals surface area (Å²) in [6.45, 7) is 12.6. The maximum absolute atomic E-state index is 9.65.